The van der Waals surface area contributed by atoms with Gasteiger partial charge in [0.1, 0.15) is 0 Å². The van der Waals surface area contributed by atoms with Crippen molar-refractivity contribution in [2.24, 2.45) is 0 Å². The molecule has 0 amide bonds. The molecule has 0 aliphatic rings. The van der Waals surface area contributed by atoms with Crippen LogP contribution < -0.4 is 0 Å². The number of methoxy groups -OCH3 is 1. The third-order valence-electron chi connectivity index (χ3n) is 2.14. The minimum atomic E-state index is 0.595. The molecule has 1 aromatic rings. The molecule has 0 unspecified atom stereocenters. The summed E-state index contributed by atoms with van der Waals surface area (Å²) in [6.07, 6.45) is 2.40. The minimum absolute atomic E-state index is 0.595. The summed E-state index contributed by atoms with van der Waals surface area (Å²) in [6, 6.07) is 10.5. The molecule has 2 nitrogen and oxygen atoms in total. The zero-order valence-electron chi connectivity index (χ0n) is 8.49. The second kappa shape index (κ2) is 6.17. The molecule has 0 aliphatic carbocycles. The van der Waals surface area contributed by atoms with Crippen molar-refractivity contribution < 1.29 is 4.74 Å². The van der Waals surface area contributed by atoms with E-state index in [1.165, 1.54) is 11.1 Å². The molecule has 0 heterocycles. The van der Waals surface area contributed by atoms with Gasteiger partial charge in [-0.2, -0.15) is 5.26 Å². The standard InChI is InChI=1S/C12H15NO/c1-14-10-8-12-6-4-11(5-7-12)3-2-9-13/h4-7H,2-3,8,10H2,1H3. The zero-order valence-corrected chi connectivity index (χ0v) is 8.49. The van der Waals surface area contributed by atoms with Gasteiger partial charge < -0.3 is 4.74 Å². The van der Waals surface area contributed by atoms with Crippen LogP contribution in [0.25, 0.3) is 0 Å². The Morgan fingerprint density at radius 2 is 1.71 bits per heavy atom. The van der Waals surface area contributed by atoms with Gasteiger partial charge in [0.15, 0.2) is 0 Å². The number of nitriles is 1. The van der Waals surface area contributed by atoms with Crippen LogP contribution in [-0.4, -0.2) is 13.7 Å². The first-order valence-corrected chi connectivity index (χ1v) is 4.80. The first-order chi connectivity index (χ1) is 6.86. The van der Waals surface area contributed by atoms with E-state index in [0.717, 1.165) is 19.4 Å². The normalized spacial score (nSPS) is 9.71. The van der Waals surface area contributed by atoms with Gasteiger partial charge in [0.2, 0.25) is 0 Å². The van der Waals surface area contributed by atoms with E-state index in [1.54, 1.807) is 7.11 Å². The summed E-state index contributed by atoms with van der Waals surface area (Å²) >= 11 is 0. The second-order valence-electron chi connectivity index (χ2n) is 3.22. The van der Waals surface area contributed by atoms with Crippen molar-refractivity contribution in [1.82, 2.24) is 0 Å². The molecule has 0 saturated carbocycles. The van der Waals surface area contributed by atoms with E-state index >= 15 is 0 Å². The average Bonchev–Trinajstić information content (AvgIpc) is 2.25. The largest absolute Gasteiger partial charge is 0.384 e. The summed E-state index contributed by atoms with van der Waals surface area (Å²) in [5, 5.41) is 8.43. The van der Waals surface area contributed by atoms with E-state index < -0.39 is 0 Å². The molecule has 14 heavy (non-hydrogen) atoms. The number of nitrogens with zero attached hydrogens (tertiary/aromatic N) is 1. The lowest BCUT2D eigenvalue weighted by Crippen LogP contribution is -1.94. The minimum Gasteiger partial charge on any atom is -0.384 e. The molecule has 0 atom stereocenters. The molecular formula is C12H15NO. The van der Waals surface area contributed by atoms with Gasteiger partial charge in [-0.15, -0.1) is 0 Å². The lowest BCUT2D eigenvalue weighted by molar-refractivity contribution is 0.202. The van der Waals surface area contributed by atoms with E-state index in [4.69, 9.17) is 10.00 Å². The maximum Gasteiger partial charge on any atom is 0.0625 e. The fraction of sp³-hybridized carbons (Fsp3) is 0.417. The number of hydrogen-bond donors (Lipinski definition) is 0. The lowest BCUT2D eigenvalue weighted by atomic mass is 10.1. The van der Waals surface area contributed by atoms with Crippen LogP contribution in [0.1, 0.15) is 17.5 Å². The van der Waals surface area contributed by atoms with Crippen molar-refractivity contribution in [3.63, 3.8) is 0 Å². The van der Waals surface area contributed by atoms with Crippen LogP contribution in [0.15, 0.2) is 24.3 Å². The van der Waals surface area contributed by atoms with Crippen LogP contribution in [0.4, 0.5) is 0 Å². The summed E-state index contributed by atoms with van der Waals surface area (Å²) in [4.78, 5) is 0. The zero-order chi connectivity index (χ0) is 10.2. The van der Waals surface area contributed by atoms with Crippen molar-refractivity contribution in [3.05, 3.63) is 35.4 Å². The average molecular weight is 189 g/mol. The smallest absolute Gasteiger partial charge is 0.0625 e. The fourth-order valence-corrected chi connectivity index (χ4v) is 1.29. The molecule has 0 N–H and O–H groups in total. The first-order valence-electron chi connectivity index (χ1n) is 4.80. The molecule has 0 aliphatic heterocycles. The predicted molar refractivity (Wildman–Crippen MR) is 56.0 cm³/mol. The Balaban J connectivity index is 2.47. The SMILES string of the molecule is COCCc1ccc(CCC#N)cc1. The van der Waals surface area contributed by atoms with Gasteiger partial charge in [0.25, 0.3) is 0 Å². The highest BCUT2D eigenvalue weighted by Crippen LogP contribution is 2.07. The molecule has 0 radical (unpaired) electrons. The van der Waals surface area contributed by atoms with Crippen LogP contribution in [0.5, 0.6) is 0 Å². The van der Waals surface area contributed by atoms with Gasteiger partial charge in [-0.05, 0) is 24.0 Å². The number of hydrogen-bond acceptors (Lipinski definition) is 2. The summed E-state index contributed by atoms with van der Waals surface area (Å²) < 4.78 is 5.00. The maximum absolute atomic E-state index is 8.43. The van der Waals surface area contributed by atoms with Crippen LogP contribution >= 0.6 is 0 Å². The number of rotatable bonds is 5. The van der Waals surface area contributed by atoms with E-state index in [-0.39, 0.29) is 0 Å². The summed E-state index contributed by atoms with van der Waals surface area (Å²) in [7, 11) is 1.71. The van der Waals surface area contributed by atoms with Crippen LogP contribution in [-0.2, 0) is 17.6 Å². The maximum atomic E-state index is 8.43. The van der Waals surface area contributed by atoms with E-state index in [2.05, 4.69) is 30.3 Å². The Labute approximate surface area is 85.1 Å². The molecule has 1 rings (SSSR count). The van der Waals surface area contributed by atoms with Gasteiger partial charge in [-0.1, -0.05) is 24.3 Å². The van der Waals surface area contributed by atoms with Crippen LogP contribution in [0.2, 0.25) is 0 Å². The Hall–Kier alpha value is -1.33. The number of ether oxygens (including phenoxy) is 1. The molecule has 0 fully saturated rings. The number of benzene rings is 1. The Bertz CT molecular complexity index is 297. The fourth-order valence-electron chi connectivity index (χ4n) is 1.29. The monoisotopic (exact) mass is 189 g/mol. The summed E-state index contributed by atoms with van der Waals surface area (Å²) in [5.41, 5.74) is 2.51. The van der Waals surface area contributed by atoms with E-state index in [1.807, 2.05) is 0 Å². The highest BCUT2D eigenvalue weighted by atomic mass is 16.5. The highest BCUT2D eigenvalue weighted by molar-refractivity contribution is 5.23. The molecule has 0 bridgehead atoms. The van der Waals surface area contributed by atoms with E-state index in [0.29, 0.717) is 6.42 Å². The summed E-state index contributed by atoms with van der Waals surface area (Å²) in [6.45, 7) is 0.761. The first kappa shape index (κ1) is 10.7. The van der Waals surface area contributed by atoms with Gasteiger partial charge in [-0.3, -0.25) is 0 Å². The lowest BCUT2D eigenvalue weighted by Gasteiger charge is -2.02. The molecule has 0 spiro atoms. The van der Waals surface area contributed by atoms with Crippen molar-refractivity contribution >= 4 is 0 Å². The Morgan fingerprint density at radius 1 is 1.14 bits per heavy atom. The van der Waals surface area contributed by atoms with Gasteiger partial charge in [0, 0.05) is 13.5 Å². The topological polar surface area (TPSA) is 33.0 Å². The van der Waals surface area contributed by atoms with E-state index in [9.17, 15) is 0 Å². The third kappa shape index (κ3) is 3.59. The Morgan fingerprint density at radius 3 is 2.21 bits per heavy atom. The Kier molecular flexibility index (Phi) is 4.74. The second-order valence-corrected chi connectivity index (χ2v) is 3.22. The third-order valence-corrected chi connectivity index (χ3v) is 2.14. The van der Waals surface area contributed by atoms with Crippen molar-refractivity contribution in [2.75, 3.05) is 13.7 Å². The van der Waals surface area contributed by atoms with Crippen molar-refractivity contribution in [1.29, 1.82) is 5.26 Å². The van der Waals surface area contributed by atoms with Crippen LogP contribution in [0.3, 0.4) is 0 Å². The quantitative estimate of drug-likeness (QED) is 0.712. The van der Waals surface area contributed by atoms with Crippen molar-refractivity contribution in [3.8, 4) is 6.07 Å². The molecule has 0 saturated heterocycles. The number of aryl methyl sites for hydroxylation is 1. The molecule has 0 aromatic heterocycles. The van der Waals surface area contributed by atoms with Gasteiger partial charge >= 0.3 is 0 Å². The highest BCUT2D eigenvalue weighted by Gasteiger charge is 1.94. The van der Waals surface area contributed by atoms with Crippen molar-refractivity contribution in [2.45, 2.75) is 19.3 Å². The molecule has 2 heteroatoms. The molecule has 74 valence electrons. The molecular weight excluding hydrogens is 174 g/mol. The predicted octanol–water partition coefficient (Wildman–Crippen LogP) is 2.33. The van der Waals surface area contributed by atoms with Gasteiger partial charge in [-0.25, -0.2) is 0 Å². The van der Waals surface area contributed by atoms with Crippen LogP contribution in [0, 0.1) is 11.3 Å². The summed E-state index contributed by atoms with van der Waals surface area (Å²) in [5.74, 6) is 0. The molecule has 1 aromatic carbocycles. The van der Waals surface area contributed by atoms with Gasteiger partial charge in [0.05, 0.1) is 12.7 Å².